The fraction of sp³-hybridized carbons (Fsp3) is 1.00. The van der Waals surface area contributed by atoms with Crippen molar-refractivity contribution in [1.82, 2.24) is 9.44 Å². The second-order valence-corrected chi connectivity index (χ2v) is 16.6. The Kier molecular flexibility index (Phi) is 11.0. The summed E-state index contributed by atoms with van der Waals surface area (Å²) in [6.45, 7) is 12.7. The average Bonchev–Trinajstić information content (AvgIpc) is 3.34. The van der Waals surface area contributed by atoms with E-state index in [9.17, 15) is 25.3 Å². The van der Waals surface area contributed by atoms with E-state index in [1.54, 1.807) is 6.92 Å². The van der Waals surface area contributed by atoms with E-state index in [1.165, 1.54) is 0 Å². The van der Waals surface area contributed by atoms with Crippen molar-refractivity contribution in [3.05, 3.63) is 0 Å². The van der Waals surface area contributed by atoms with Crippen LogP contribution in [0.3, 0.4) is 0 Å². The van der Waals surface area contributed by atoms with Crippen molar-refractivity contribution < 1.29 is 25.3 Å². The van der Waals surface area contributed by atoms with E-state index in [-0.39, 0.29) is 16.5 Å². The second kappa shape index (κ2) is 11.0. The molecule has 2 saturated carbocycles. The highest BCUT2D eigenvalue weighted by Gasteiger charge is 2.48. The highest BCUT2D eigenvalue weighted by atomic mass is 35.5. The maximum atomic E-state index is 11.3. The van der Waals surface area contributed by atoms with Crippen molar-refractivity contribution in [3.63, 3.8) is 0 Å². The van der Waals surface area contributed by atoms with Crippen molar-refractivity contribution in [2.24, 2.45) is 5.14 Å². The van der Waals surface area contributed by atoms with Gasteiger partial charge >= 0.3 is 0 Å². The van der Waals surface area contributed by atoms with E-state index in [4.69, 9.17) is 16.7 Å². The molecule has 0 aromatic rings. The molecule has 2 aliphatic rings. The first-order valence-corrected chi connectivity index (χ1v) is 15.4. The molecule has 0 aromatic heterocycles. The van der Waals surface area contributed by atoms with Crippen LogP contribution in [0.2, 0.25) is 0 Å². The zero-order valence-electron chi connectivity index (χ0n) is 19.7. The summed E-state index contributed by atoms with van der Waals surface area (Å²) in [6, 6.07) is 0. The van der Waals surface area contributed by atoms with Crippen molar-refractivity contribution in [2.45, 2.75) is 102 Å². The summed E-state index contributed by atoms with van der Waals surface area (Å²) < 4.78 is 70.7. The third-order valence-corrected chi connectivity index (χ3v) is 10.1. The van der Waals surface area contributed by atoms with Crippen LogP contribution >= 0.6 is 11.6 Å². The molecule has 0 radical (unpaired) electrons. The van der Waals surface area contributed by atoms with Crippen LogP contribution in [0.5, 0.6) is 0 Å². The lowest BCUT2D eigenvalue weighted by molar-refractivity contribution is 0.489. The fourth-order valence-electron chi connectivity index (χ4n) is 2.11. The molecule has 2 aliphatic carbocycles. The number of halogens is 1. The van der Waals surface area contributed by atoms with Gasteiger partial charge in [0.05, 0.1) is 15.7 Å². The van der Waals surface area contributed by atoms with Crippen LogP contribution in [0.25, 0.3) is 0 Å². The number of nitrogens with one attached hydrogen (secondary N) is 2. The van der Waals surface area contributed by atoms with E-state index in [0.717, 1.165) is 25.7 Å². The number of alkyl halides is 1. The zero-order chi connectivity index (χ0) is 24.9. The minimum absolute atomic E-state index is 0.105. The maximum absolute atomic E-state index is 11.3. The Morgan fingerprint density at radius 2 is 1.32 bits per heavy atom. The Labute approximate surface area is 194 Å². The number of rotatable bonds is 7. The van der Waals surface area contributed by atoms with Crippen molar-refractivity contribution in [2.75, 3.05) is 11.6 Å². The highest BCUT2D eigenvalue weighted by Crippen LogP contribution is 2.40. The van der Waals surface area contributed by atoms with Gasteiger partial charge in [-0.05, 0) is 80.6 Å². The van der Waals surface area contributed by atoms with Crippen LogP contribution in [0.15, 0.2) is 0 Å². The van der Waals surface area contributed by atoms with E-state index >= 15 is 0 Å². The molecule has 0 aromatic carbocycles. The molecule has 31 heavy (non-hydrogen) atoms. The van der Waals surface area contributed by atoms with Crippen LogP contribution in [0.1, 0.15) is 80.6 Å². The van der Waals surface area contributed by atoms with Crippen LogP contribution in [-0.4, -0.2) is 58.0 Å². The summed E-state index contributed by atoms with van der Waals surface area (Å²) in [5.41, 5.74) is -0.730. The molecule has 0 unspecified atom stereocenters. The van der Waals surface area contributed by atoms with Gasteiger partial charge in [-0.15, -0.1) is 11.6 Å². The number of primary sulfonamides is 1. The zero-order valence-corrected chi connectivity index (χ0v) is 22.9. The molecular formula is C18H40ClN3O6S3. The summed E-state index contributed by atoms with van der Waals surface area (Å²) in [4.78, 5) is 0. The molecular weight excluding hydrogens is 486 g/mol. The topological polar surface area (TPSA) is 152 Å². The van der Waals surface area contributed by atoms with Gasteiger partial charge in [0.15, 0.2) is 0 Å². The van der Waals surface area contributed by atoms with Crippen molar-refractivity contribution in [3.8, 4) is 0 Å². The molecule has 188 valence electrons. The largest absolute Gasteiger partial charge is 0.228 e. The first-order valence-electron chi connectivity index (χ1n) is 10.2. The third-order valence-electron chi connectivity index (χ3n) is 4.06. The lowest BCUT2D eigenvalue weighted by Gasteiger charge is -2.19. The molecule has 0 saturated heterocycles. The fourth-order valence-corrected chi connectivity index (χ4v) is 6.41. The maximum Gasteiger partial charge on any atom is 0.214 e. The molecule has 9 nitrogen and oxygen atoms in total. The van der Waals surface area contributed by atoms with Gasteiger partial charge in [-0.25, -0.2) is 39.8 Å². The molecule has 0 bridgehead atoms. The van der Waals surface area contributed by atoms with E-state index in [0.29, 0.717) is 12.3 Å². The lowest BCUT2D eigenvalue weighted by atomic mass is 10.1. The summed E-state index contributed by atoms with van der Waals surface area (Å²) in [6.07, 6.45) is 3.60. The van der Waals surface area contributed by atoms with Gasteiger partial charge in [-0.3, -0.25) is 0 Å². The molecule has 0 amide bonds. The highest BCUT2D eigenvalue weighted by molar-refractivity contribution is 7.91. The third kappa shape index (κ3) is 14.7. The van der Waals surface area contributed by atoms with E-state index in [1.807, 2.05) is 41.5 Å². The molecule has 13 heteroatoms. The molecule has 2 rings (SSSR count). The van der Waals surface area contributed by atoms with Gasteiger partial charge in [0.25, 0.3) is 0 Å². The Morgan fingerprint density at radius 1 is 0.903 bits per heavy atom. The number of sulfonamides is 3. The van der Waals surface area contributed by atoms with Gasteiger partial charge in [0.1, 0.15) is 0 Å². The molecule has 0 atom stereocenters. The minimum atomic E-state index is -3.23. The van der Waals surface area contributed by atoms with E-state index < -0.39 is 40.4 Å². The molecule has 0 aliphatic heterocycles. The second-order valence-electron chi connectivity index (χ2n) is 10.3. The monoisotopic (exact) mass is 525 g/mol. The van der Waals surface area contributed by atoms with E-state index in [2.05, 4.69) is 9.44 Å². The van der Waals surface area contributed by atoms with Crippen molar-refractivity contribution >= 4 is 41.7 Å². The predicted octanol–water partition coefficient (Wildman–Crippen LogP) is 2.03. The van der Waals surface area contributed by atoms with Gasteiger partial charge in [0.2, 0.25) is 30.1 Å². The molecule has 0 spiro atoms. The lowest BCUT2D eigenvalue weighted by Crippen LogP contribution is -2.42. The van der Waals surface area contributed by atoms with Gasteiger partial charge in [0, 0.05) is 17.0 Å². The SMILES string of the molecule is CC(C)(C)NS(=O)(=O)C1CC1.CC(C)(C)NS(=O)(=O)CCCCl.CC1(S(N)(=O)=O)CC1. The summed E-state index contributed by atoms with van der Waals surface area (Å²) in [5, 5.41) is 4.74. The smallest absolute Gasteiger partial charge is 0.214 e. The van der Waals surface area contributed by atoms with Gasteiger partial charge in [-0.2, -0.15) is 0 Å². The van der Waals surface area contributed by atoms with Crippen LogP contribution in [0, 0.1) is 0 Å². The number of nitrogens with two attached hydrogens (primary N) is 1. The van der Waals surface area contributed by atoms with Gasteiger partial charge in [-0.1, -0.05) is 0 Å². The minimum Gasteiger partial charge on any atom is -0.228 e. The normalized spacial score (nSPS) is 18.9. The Balaban J connectivity index is 0.000000443. The predicted molar refractivity (Wildman–Crippen MR) is 128 cm³/mol. The van der Waals surface area contributed by atoms with Gasteiger partial charge < -0.3 is 0 Å². The summed E-state index contributed by atoms with van der Waals surface area (Å²) >= 11 is 5.39. The Morgan fingerprint density at radius 3 is 1.55 bits per heavy atom. The molecule has 2 fully saturated rings. The van der Waals surface area contributed by atoms with Crippen LogP contribution in [0.4, 0.5) is 0 Å². The number of hydrogen-bond donors (Lipinski definition) is 3. The van der Waals surface area contributed by atoms with Crippen LogP contribution < -0.4 is 14.6 Å². The summed E-state index contributed by atoms with van der Waals surface area (Å²) in [5.74, 6) is 0.485. The van der Waals surface area contributed by atoms with Crippen molar-refractivity contribution in [1.29, 1.82) is 0 Å². The first kappa shape index (κ1) is 31.0. The first-order chi connectivity index (χ1) is 13.5. The van der Waals surface area contributed by atoms with Crippen LogP contribution in [-0.2, 0) is 30.1 Å². The quantitative estimate of drug-likeness (QED) is 0.432. The Bertz CT molecular complexity index is 881. The molecule has 4 N–H and O–H groups in total. The number of hydrogen-bond acceptors (Lipinski definition) is 6. The summed E-state index contributed by atoms with van der Waals surface area (Å²) in [7, 11) is -9.36. The molecule has 0 heterocycles. The standard InChI is InChI=1S/C7H16ClNO2S.C7H15NO2S.C4H9NO2S/c1-7(2,3)9-12(10,11)6-4-5-8;1-7(2,3)8-11(9,10)6-4-5-6;1-4(2-3-4)8(5,6)7/h9H,4-6H2,1-3H3;6,8H,4-5H2,1-3H3;2-3H2,1H3,(H2,5,6,7). The Hall–Kier alpha value is 0.0200. The average molecular weight is 526 g/mol.